The number of hydrogen-bond acceptors (Lipinski definition) is 4. The van der Waals surface area contributed by atoms with Crippen molar-refractivity contribution in [3.63, 3.8) is 0 Å². The molecule has 1 heterocycles. The van der Waals surface area contributed by atoms with Crippen LogP contribution in [-0.4, -0.2) is 22.7 Å². The molecule has 0 aliphatic rings. The van der Waals surface area contributed by atoms with Crippen molar-refractivity contribution in [1.82, 2.24) is 10.3 Å². The van der Waals surface area contributed by atoms with Crippen molar-refractivity contribution in [2.24, 2.45) is 0 Å². The number of ether oxygens (including phenoxy) is 1. The van der Waals surface area contributed by atoms with Crippen LogP contribution < -0.4 is 10.1 Å². The van der Waals surface area contributed by atoms with Gasteiger partial charge in [0, 0.05) is 18.9 Å². The highest BCUT2D eigenvalue weighted by Crippen LogP contribution is 2.20. The number of carboxylic acids is 1. The lowest BCUT2D eigenvalue weighted by Gasteiger charge is -2.16. The summed E-state index contributed by atoms with van der Waals surface area (Å²) in [5.41, 5.74) is 1.60. The van der Waals surface area contributed by atoms with Crippen LogP contribution in [0, 0.1) is 0 Å². The fraction of sp³-hybridized carbons (Fsp3) is 0.250. The Labute approximate surface area is 123 Å². The van der Waals surface area contributed by atoms with Crippen molar-refractivity contribution in [3.05, 3.63) is 59.9 Å². The Bertz CT molecular complexity index is 587. The van der Waals surface area contributed by atoms with Gasteiger partial charge in [-0.3, -0.25) is 15.1 Å². The van der Waals surface area contributed by atoms with Crippen LogP contribution in [0.5, 0.6) is 5.75 Å². The van der Waals surface area contributed by atoms with Crippen LogP contribution in [0.2, 0.25) is 0 Å². The Morgan fingerprint density at radius 2 is 2.24 bits per heavy atom. The quantitative estimate of drug-likeness (QED) is 0.817. The van der Waals surface area contributed by atoms with Gasteiger partial charge < -0.3 is 9.84 Å². The maximum absolute atomic E-state index is 11.5. The van der Waals surface area contributed by atoms with Crippen LogP contribution in [0.15, 0.2) is 48.8 Å². The molecule has 0 bridgehead atoms. The van der Waals surface area contributed by atoms with Crippen LogP contribution in [0.25, 0.3) is 0 Å². The molecule has 0 aliphatic heterocycles. The second kappa shape index (κ2) is 7.40. The van der Waals surface area contributed by atoms with Gasteiger partial charge in [0.2, 0.25) is 0 Å². The topological polar surface area (TPSA) is 71.5 Å². The number of benzene rings is 1. The van der Waals surface area contributed by atoms with Crippen LogP contribution in [0.3, 0.4) is 0 Å². The van der Waals surface area contributed by atoms with Crippen LogP contribution in [0.4, 0.5) is 0 Å². The van der Waals surface area contributed by atoms with Gasteiger partial charge in [-0.25, -0.2) is 0 Å². The van der Waals surface area contributed by atoms with E-state index in [1.165, 1.54) is 0 Å². The van der Waals surface area contributed by atoms with Gasteiger partial charge in [0.05, 0.1) is 6.61 Å². The molecular formula is C16H18N2O3. The van der Waals surface area contributed by atoms with Gasteiger partial charge in [-0.05, 0) is 36.2 Å². The van der Waals surface area contributed by atoms with E-state index in [1.807, 2.05) is 25.1 Å². The highest BCUT2D eigenvalue weighted by atomic mass is 16.5. The lowest BCUT2D eigenvalue weighted by molar-refractivity contribution is -0.139. The number of nitrogens with one attached hydrogen (secondary N) is 1. The number of aromatic nitrogens is 1. The summed E-state index contributed by atoms with van der Waals surface area (Å²) in [5.74, 6) is -0.253. The smallest absolute Gasteiger partial charge is 0.325 e. The van der Waals surface area contributed by atoms with Crippen molar-refractivity contribution >= 4 is 5.97 Å². The SMILES string of the molecule is CCOc1cccc(C(NCc2cccnc2)C(=O)O)c1. The van der Waals surface area contributed by atoms with Gasteiger partial charge in [0.1, 0.15) is 11.8 Å². The molecule has 2 N–H and O–H groups in total. The van der Waals surface area contributed by atoms with E-state index in [0.29, 0.717) is 24.5 Å². The lowest BCUT2D eigenvalue weighted by atomic mass is 10.1. The summed E-state index contributed by atoms with van der Waals surface area (Å²) in [4.78, 5) is 15.5. The molecule has 0 saturated heterocycles. The Kier molecular flexibility index (Phi) is 5.29. The van der Waals surface area contributed by atoms with Crippen LogP contribution >= 0.6 is 0 Å². The van der Waals surface area contributed by atoms with Crippen molar-refractivity contribution in [3.8, 4) is 5.75 Å². The van der Waals surface area contributed by atoms with Crippen molar-refractivity contribution < 1.29 is 14.6 Å². The molecule has 1 atom stereocenters. The number of hydrogen-bond donors (Lipinski definition) is 2. The van der Waals surface area contributed by atoms with Gasteiger partial charge in [-0.15, -0.1) is 0 Å². The summed E-state index contributed by atoms with van der Waals surface area (Å²) in [5, 5.41) is 12.4. The summed E-state index contributed by atoms with van der Waals surface area (Å²) in [6.07, 6.45) is 3.40. The van der Waals surface area contributed by atoms with E-state index >= 15 is 0 Å². The molecular weight excluding hydrogens is 268 g/mol. The second-order valence-corrected chi connectivity index (χ2v) is 4.52. The van der Waals surface area contributed by atoms with Gasteiger partial charge in [-0.1, -0.05) is 18.2 Å². The summed E-state index contributed by atoms with van der Waals surface area (Å²) in [7, 11) is 0. The fourth-order valence-electron chi connectivity index (χ4n) is 2.02. The first-order chi connectivity index (χ1) is 10.2. The number of rotatable bonds is 7. The molecule has 2 rings (SSSR count). The van der Waals surface area contributed by atoms with E-state index in [-0.39, 0.29) is 0 Å². The predicted octanol–water partition coefficient (Wildman–Crippen LogP) is 2.40. The van der Waals surface area contributed by atoms with Gasteiger partial charge in [-0.2, -0.15) is 0 Å². The minimum Gasteiger partial charge on any atom is -0.494 e. The first-order valence-corrected chi connectivity index (χ1v) is 6.78. The molecule has 5 heteroatoms. The molecule has 21 heavy (non-hydrogen) atoms. The van der Waals surface area contributed by atoms with E-state index < -0.39 is 12.0 Å². The van der Waals surface area contributed by atoms with Gasteiger partial charge >= 0.3 is 5.97 Å². The number of nitrogens with zero attached hydrogens (tertiary/aromatic N) is 1. The summed E-state index contributed by atoms with van der Waals surface area (Å²) in [6.45, 7) is 2.87. The van der Waals surface area contributed by atoms with Gasteiger partial charge in [0.15, 0.2) is 0 Å². The minimum atomic E-state index is -0.924. The van der Waals surface area contributed by atoms with E-state index in [0.717, 1.165) is 5.56 Å². The molecule has 0 spiro atoms. The molecule has 0 aliphatic carbocycles. The average Bonchev–Trinajstić information content (AvgIpc) is 2.49. The third-order valence-corrected chi connectivity index (χ3v) is 2.98. The van der Waals surface area contributed by atoms with Crippen molar-refractivity contribution in [1.29, 1.82) is 0 Å². The number of carbonyl (C=O) groups is 1. The highest BCUT2D eigenvalue weighted by molar-refractivity contribution is 5.75. The Morgan fingerprint density at radius 3 is 2.90 bits per heavy atom. The molecule has 110 valence electrons. The molecule has 2 aromatic rings. The first-order valence-electron chi connectivity index (χ1n) is 6.78. The monoisotopic (exact) mass is 286 g/mol. The maximum Gasteiger partial charge on any atom is 0.325 e. The summed E-state index contributed by atoms with van der Waals surface area (Å²) >= 11 is 0. The molecule has 1 aromatic heterocycles. The van der Waals surface area contributed by atoms with Crippen molar-refractivity contribution in [2.75, 3.05) is 6.61 Å². The van der Waals surface area contributed by atoms with Gasteiger partial charge in [0.25, 0.3) is 0 Å². The zero-order valence-corrected chi connectivity index (χ0v) is 11.8. The third kappa shape index (κ3) is 4.29. The lowest BCUT2D eigenvalue weighted by Crippen LogP contribution is -2.28. The molecule has 1 aromatic carbocycles. The summed E-state index contributed by atoms with van der Waals surface area (Å²) < 4.78 is 5.41. The Balaban J connectivity index is 2.11. The fourth-order valence-corrected chi connectivity index (χ4v) is 2.02. The number of carboxylic acid groups (broad SMARTS) is 1. The second-order valence-electron chi connectivity index (χ2n) is 4.52. The van der Waals surface area contributed by atoms with Crippen LogP contribution in [0.1, 0.15) is 24.1 Å². The molecule has 0 saturated carbocycles. The largest absolute Gasteiger partial charge is 0.494 e. The maximum atomic E-state index is 11.5. The zero-order valence-electron chi connectivity index (χ0n) is 11.8. The zero-order chi connectivity index (χ0) is 15.1. The molecule has 5 nitrogen and oxygen atoms in total. The molecule has 0 radical (unpaired) electrons. The van der Waals surface area contributed by atoms with E-state index in [4.69, 9.17) is 4.74 Å². The van der Waals surface area contributed by atoms with E-state index in [9.17, 15) is 9.90 Å². The first kappa shape index (κ1) is 15.0. The average molecular weight is 286 g/mol. The standard InChI is InChI=1S/C16H18N2O3/c1-2-21-14-7-3-6-13(9-14)15(16(19)20)18-11-12-5-4-8-17-10-12/h3-10,15,18H,2,11H2,1H3,(H,19,20). The number of aliphatic carboxylic acids is 1. The molecule has 0 fully saturated rings. The minimum absolute atomic E-state index is 0.434. The predicted molar refractivity (Wildman–Crippen MR) is 79.1 cm³/mol. The third-order valence-electron chi connectivity index (χ3n) is 2.98. The summed E-state index contributed by atoms with van der Waals surface area (Å²) in [6, 6.07) is 10.1. The van der Waals surface area contributed by atoms with Crippen molar-refractivity contribution in [2.45, 2.75) is 19.5 Å². The Morgan fingerprint density at radius 1 is 1.38 bits per heavy atom. The van der Waals surface area contributed by atoms with E-state index in [2.05, 4.69) is 10.3 Å². The molecule has 0 amide bonds. The normalized spacial score (nSPS) is 11.9. The van der Waals surface area contributed by atoms with E-state index in [1.54, 1.807) is 30.6 Å². The van der Waals surface area contributed by atoms with Crippen LogP contribution in [-0.2, 0) is 11.3 Å². The molecule has 1 unspecified atom stereocenters. The number of pyridine rings is 1. The highest BCUT2D eigenvalue weighted by Gasteiger charge is 2.19. The Hall–Kier alpha value is -2.40.